The highest BCUT2D eigenvalue weighted by molar-refractivity contribution is 9.10. The fourth-order valence-electron chi connectivity index (χ4n) is 2.05. The number of aryl methyl sites for hydroxylation is 1. The lowest BCUT2D eigenvalue weighted by molar-refractivity contribution is 0.188. The fraction of sp³-hybridized carbons (Fsp3) is 0.286. The number of nitrogens with zero attached hydrogens (tertiary/aromatic N) is 2. The largest absolute Gasteiger partial charge is 0.465 e. The summed E-state index contributed by atoms with van der Waals surface area (Å²) in [5, 5.41) is 16.3. The third-order valence-corrected chi connectivity index (χ3v) is 3.69. The second-order valence-corrected chi connectivity index (χ2v) is 6.04. The maximum Gasteiger partial charge on any atom is 0.404 e. The standard InChI is InChI=1S/C14H15BrClN3O2/c15-11-8-17-19(9-11)6-5-13(18-14(20)21)7-10-1-3-12(16)4-2-10/h1-4,8-9,13,18H,5-7H2,(H,20,21). The zero-order valence-electron chi connectivity index (χ0n) is 11.2. The van der Waals surface area contributed by atoms with E-state index in [4.69, 9.17) is 16.7 Å². The van der Waals surface area contributed by atoms with Crippen LogP contribution in [0.3, 0.4) is 0 Å². The van der Waals surface area contributed by atoms with Crippen molar-refractivity contribution in [2.45, 2.75) is 25.4 Å². The van der Waals surface area contributed by atoms with Gasteiger partial charge in [-0.05, 0) is 46.5 Å². The number of benzene rings is 1. The molecule has 2 N–H and O–H groups in total. The molecule has 5 nitrogen and oxygen atoms in total. The average molecular weight is 373 g/mol. The molecule has 2 rings (SSSR count). The summed E-state index contributed by atoms with van der Waals surface area (Å²) in [6.45, 7) is 0.643. The SMILES string of the molecule is O=C(O)NC(CCn1cc(Br)cn1)Cc1ccc(Cl)cc1. The number of hydrogen-bond donors (Lipinski definition) is 2. The van der Waals surface area contributed by atoms with Gasteiger partial charge >= 0.3 is 6.09 Å². The van der Waals surface area contributed by atoms with Gasteiger partial charge in [0.1, 0.15) is 0 Å². The molecule has 0 bridgehead atoms. The molecule has 0 radical (unpaired) electrons. The van der Waals surface area contributed by atoms with Gasteiger partial charge in [-0.2, -0.15) is 5.10 Å². The second-order valence-electron chi connectivity index (χ2n) is 4.69. The normalized spacial score (nSPS) is 12.1. The monoisotopic (exact) mass is 371 g/mol. The molecule has 0 aliphatic carbocycles. The number of halogens is 2. The van der Waals surface area contributed by atoms with Gasteiger partial charge in [0, 0.05) is 23.8 Å². The van der Waals surface area contributed by atoms with E-state index in [0.717, 1.165) is 10.0 Å². The van der Waals surface area contributed by atoms with Gasteiger partial charge in [0.25, 0.3) is 0 Å². The average Bonchev–Trinajstić information content (AvgIpc) is 2.84. The van der Waals surface area contributed by atoms with Gasteiger partial charge in [-0.1, -0.05) is 23.7 Å². The van der Waals surface area contributed by atoms with E-state index in [1.54, 1.807) is 23.0 Å². The highest BCUT2D eigenvalue weighted by atomic mass is 79.9. The van der Waals surface area contributed by atoms with Crippen molar-refractivity contribution in [3.05, 3.63) is 51.7 Å². The van der Waals surface area contributed by atoms with Crippen LogP contribution < -0.4 is 5.32 Å². The smallest absolute Gasteiger partial charge is 0.404 e. The summed E-state index contributed by atoms with van der Waals surface area (Å²) < 4.78 is 2.69. The molecule has 1 aromatic heterocycles. The molecule has 21 heavy (non-hydrogen) atoms. The van der Waals surface area contributed by atoms with Gasteiger partial charge in [-0.15, -0.1) is 0 Å². The van der Waals surface area contributed by atoms with E-state index in [9.17, 15) is 4.79 Å². The molecule has 1 aromatic carbocycles. The van der Waals surface area contributed by atoms with Crippen molar-refractivity contribution in [2.75, 3.05) is 0 Å². The summed E-state index contributed by atoms with van der Waals surface area (Å²) >= 11 is 9.18. The molecule has 0 spiro atoms. The van der Waals surface area contributed by atoms with Gasteiger partial charge in [0.15, 0.2) is 0 Å². The number of hydrogen-bond acceptors (Lipinski definition) is 2. The van der Waals surface area contributed by atoms with Crippen LogP contribution in [0.15, 0.2) is 41.1 Å². The molecule has 0 aliphatic heterocycles. The third-order valence-electron chi connectivity index (χ3n) is 3.03. The van der Waals surface area contributed by atoms with Crippen LogP contribution >= 0.6 is 27.5 Å². The Morgan fingerprint density at radius 2 is 2.14 bits per heavy atom. The Morgan fingerprint density at radius 3 is 2.71 bits per heavy atom. The van der Waals surface area contributed by atoms with Crippen LogP contribution in [0.5, 0.6) is 0 Å². The van der Waals surface area contributed by atoms with Gasteiger partial charge < -0.3 is 10.4 Å². The zero-order valence-corrected chi connectivity index (χ0v) is 13.5. The van der Waals surface area contributed by atoms with Crippen molar-refractivity contribution in [3.63, 3.8) is 0 Å². The van der Waals surface area contributed by atoms with Gasteiger partial charge in [0.05, 0.1) is 10.7 Å². The maximum atomic E-state index is 10.9. The number of carbonyl (C=O) groups is 1. The van der Waals surface area contributed by atoms with E-state index in [1.165, 1.54) is 0 Å². The van der Waals surface area contributed by atoms with E-state index in [2.05, 4.69) is 26.3 Å². The predicted octanol–water partition coefficient (Wildman–Crippen LogP) is 3.57. The summed E-state index contributed by atoms with van der Waals surface area (Å²) in [5.74, 6) is 0. The molecular weight excluding hydrogens is 358 g/mol. The molecular formula is C14H15BrClN3O2. The Kier molecular flexibility index (Phi) is 5.64. The molecule has 1 amide bonds. The molecule has 0 saturated carbocycles. The first-order valence-electron chi connectivity index (χ1n) is 6.45. The van der Waals surface area contributed by atoms with E-state index >= 15 is 0 Å². The molecule has 1 unspecified atom stereocenters. The molecule has 112 valence electrons. The van der Waals surface area contributed by atoms with Gasteiger partial charge in [0.2, 0.25) is 0 Å². The minimum Gasteiger partial charge on any atom is -0.465 e. The van der Waals surface area contributed by atoms with Crippen molar-refractivity contribution >= 4 is 33.6 Å². The first-order chi connectivity index (χ1) is 10.0. The summed E-state index contributed by atoms with van der Waals surface area (Å²) in [6, 6.07) is 7.25. The molecule has 1 atom stereocenters. The zero-order chi connectivity index (χ0) is 15.2. The van der Waals surface area contributed by atoms with Gasteiger partial charge in [-0.3, -0.25) is 4.68 Å². The van der Waals surface area contributed by atoms with Crippen LogP contribution in [-0.2, 0) is 13.0 Å². The lowest BCUT2D eigenvalue weighted by Crippen LogP contribution is -2.36. The molecule has 7 heteroatoms. The van der Waals surface area contributed by atoms with Gasteiger partial charge in [-0.25, -0.2) is 4.79 Å². The van der Waals surface area contributed by atoms with Crippen LogP contribution in [0.25, 0.3) is 0 Å². The quantitative estimate of drug-likeness (QED) is 0.814. The minimum atomic E-state index is -1.02. The van der Waals surface area contributed by atoms with E-state index in [-0.39, 0.29) is 6.04 Å². The summed E-state index contributed by atoms with van der Waals surface area (Å²) in [6.07, 6.45) is 3.82. The molecule has 2 aromatic rings. The second kappa shape index (κ2) is 7.47. The fourth-order valence-corrected chi connectivity index (χ4v) is 2.51. The van der Waals surface area contributed by atoms with Crippen molar-refractivity contribution in [3.8, 4) is 0 Å². The Hall–Kier alpha value is -1.53. The highest BCUT2D eigenvalue weighted by Gasteiger charge is 2.13. The van der Waals surface area contributed by atoms with Crippen molar-refractivity contribution < 1.29 is 9.90 Å². The summed E-state index contributed by atoms with van der Waals surface area (Å²) in [4.78, 5) is 10.9. The molecule has 0 fully saturated rings. The van der Waals surface area contributed by atoms with E-state index in [1.807, 2.05) is 18.3 Å². The van der Waals surface area contributed by atoms with Crippen molar-refractivity contribution in [2.24, 2.45) is 0 Å². The molecule has 0 saturated heterocycles. The number of carboxylic acid groups (broad SMARTS) is 1. The Bertz CT molecular complexity index is 601. The maximum absolute atomic E-state index is 10.9. The lowest BCUT2D eigenvalue weighted by Gasteiger charge is -2.17. The Balaban J connectivity index is 1.96. The predicted molar refractivity (Wildman–Crippen MR) is 84.6 cm³/mol. The Morgan fingerprint density at radius 1 is 1.43 bits per heavy atom. The van der Waals surface area contributed by atoms with Crippen LogP contribution in [-0.4, -0.2) is 27.0 Å². The topological polar surface area (TPSA) is 67.2 Å². The Labute approximate surface area is 136 Å². The summed E-state index contributed by atoms with van der Waals surface area (Å²) in [7, 11) is 0. The molecule has 0 aliphatic rings. The molecule has 1 heterocycles. The number of nitrogens with one attached hydrogen (secondary N) is 1. The van der Waals surface area contributed by atoms with E-state index in [0.29, 0.717) is 24.4 Å². The first-order valence-corrected chi connectivity index (χ1v) is 7.62. The number of rotatable bonds is 6. The first kappa shape index (κ1) is 15.9. The van der Waals surface area contributed by atoms with Crippen LogP contribution in [0.2, 0.25) is 5.02 Å². The van der Waals surface area contributed by atoms with Crippen molar-refractivity contribution in [1.29, 1.82) is 0 Å². The number of amides is 1. The number of aromatic nitrogens is 2. The van der Waals surface area contributed by atoms with Crippen LogP contribution in [0, 0.1) is 0 Å². The van der Waals surface area contributed by atoms with Crippen molar-refractivity contribution in [1.82, 2.24) is 15.1 Å². The van der Waals surface area contributed by atoms with E-state index < -0.39 is 6.09 Å². The van der Waals surface area contributed by atoms with Crippen LogP contribution in [0.4, 0.5) is 4.79 Å². The highest BCUT2D eigenvalue weighted by Crippen LogP contribution is 2.13. The summed E-state index contributed by atoms with van der Waals surface area (Å²) in [5.41, 5.74) is 1.04. The third kappa shape index (κ3) is 5.40. The lowest BCUT2D eigenvalue weighted by atomic mass is 10.0. The van der Waals surface area contributed by atoms with Crippen LogP contribution in [0.1, 0.15) is 12.0 Å². The minimum absolute atomic E-state index is 0.174.